The molecule has 0 spiro atoms. The molecule has 0 unspecified atom stereocenters. The molecule has 5 nitrogen and oxygen atoms in total. The third-order valence-electron chi connectivity index (χ3n) is 2.94. The van der Waals surface area contributed by atoms with E-state index in [1.165, 1.54) is 11.3 Å². The van der Waals surface area contributed by atoms with Crippen LogP contribution in [-0.4, -0.2) is 41.0 Å². The smallest absolute Gasteiger partial charge is 0.270 e. The van der Waals surface area contributed by atoms with Gasteiger partial charge in [0.2, 0.25) is 0 Å². The summed E-state index contributed by atoms with van der Waals surface area (Å²) in [6.07, 6.45) is 0. The van der Waals surface area contributed by atoms with Crippen LogP contribution in [0, 0.1) is 0 Å². The van der Waals surface area contributed by atoms with E-state index in [9.17, 15) is 4.79 Å². The molecule has 124 valence electrons. The molecule has 0 aliphatic carbocycles. The Labute approximate surface area is 143 Å². The number of nitrogens with one attached hydrogen (secondary N) is 1. The minimum absolute atomic E-state index is 0. The van der Waals surface area contributed by atoms with Crippen molar-refractivity contribution in [2.24, 2.45) is 5.73 Å². The van der Waals surface area contributed by atoms with Gasteiger partial charge >= 0.3 is 0 Å². The van der Waals surface area contributed by atoms with Crippen molar-refractivity contribution in [1.29, 1.82) is 0 Å². The molecule has 1 aromatic heterocycles. The SMILES string of the molecule is CC(C)N(CCNC(=O)c1csc(CN)n1)C(C)C.Cl.Cl. The first-order chi connectivity index (χ1) is 8.95. The molecular weight excluding hydrogens is 331 g/mol. The van der Waals surface area contributed by atoms with E-state index in [4.69, 9.17) is 5.73 Å². The van der Waals surface area contributed by atoms with E-state index < -0.39 is 0 Å². The average Bonchev–Trinajstić information content (AvgIpc) is 2.82. The van der Waals surface area contributed by atoms with E-state index in [-0.39, 0.29) is 30.7 Å². The van der Waals surface area contributed by atoms with Crippen molar-refractivity contribution in [2.75, 3.05) is 13.1 Å². The number of amides is 1. The van der Waals surface area contributed by atoms with Crippen LogP contribution in [0.2, 0.25) is 0 Å². The first-order valence-electron chi connectivity index (χ1n) is 6.64. The molecule has 8 heteroatoms. The van der Waals surface area contributed by atoms with Crippen molar-refractivity contribution < 1.29 is 4.79 Å². The Bertz CT molecular complexity index is 405. The van der Waals surface area contributed by atoms with Gasteiger partial charge in [0.25, 0.3) is 5.91 Å². The predicted octanol–water partition coefficient (Wildman–Crippen LogP) is 2.29. The molecule has 1 rings (SSSR count). The maximum absolute atomic E-state index is 11.9. The maximum Gasteiger partial charge on any atom is 0.270 e. The second-order valence-corrected chi connectivity index (χ2v) is 5.95. The summed E-state index contributed by atoms with van der Waals surface area (Å²) in [6.45, 7) is 10.5. The monoisotopic (exact) mass is 356 g/mol. The van der Waals surface area contributed by atoms with Crippen molar-refractivity contribution in [2.45, 2.75) is 46.3 Å². The Balaban J connectivity index is 0. The second-order valence-electron chi connectivity index (χ2n) is 5.01. The van der Waals surface area contributed by atoms with Crippen molar-refractivity contribution in [3.63, 3.8) is 0 Å². The summed E-state index contributed by atoms with van der Waals surface area (Å²) in [4.78, 5) is 18.4. The summed E-state index contributed by atoms with van der Waals surface area (Å²) in [5.41, 5.74) is 5.94. The fourth-order valence-electron chi connectivity index (χ4n) is 2.01. The third-order valence-corrected chi connectivity index (χ3v) is 3.81. The van der Waals surface area contributed by atoms with Crippen LogP contribution in [0.4, 0.5) is 0 Å². The van der Waals surface area contributed by atoms with Crippen molar-refractivity contribution >= 4 is 42.1 Å². The number of nitrogens with two attached hydrogens (primary N) is 1. The van der Waals surface area contributed by atoms with Crippen LogP contribution in [0.15, 0.2) is 5.38 Å². The molecule has 0 bridgehead atoms. The largest absolute Gasteiger partial charge is 0.349 e. The minimum Gasteiger partial charge on any atom is -0.349 e. The van der Waals surface area contributed by atoms with Crippen LogP contribution < -0.4 is 11.1 Å². The summed E-state index contributed by atoms with van der Waals surface area (Å²) in [5.74, 6) is -0.122. The summed E-state index contributed by atoms with van der Waals surface area (Å²) in [6, 6.07) is 0.944. The first-order valence-corrected chi connectivity index (χ1v) is 7.52. The summed E-state index contributed by atoms with van der Waals surface area (Å²) >= 11 is 1.42. The van der Waals surface area contributed by atoms with E-state index in [2.05, 4.69) is 42.9 Å². The van der Waals surface area contributed by atoms with E-state index in [1.54, 1.807) is 5.38 Å². The fourth-order valence-corrected chi connectivity index (χ4v) is 2.67. The second kappa shape index (κ2) is 11.2. The lowest BCUT2D eigenvalue weighted by Gasteiger charge is -2.30. The Morgan fingerprint density at radius 1 is 1.33 bits per heavy atom. The average molecular weight is 357 g/mol. The zero-order valence-corrected chi connectivity index (χ0v) is 15.4. The zero-order valence-electron chi connectivity index (χ0n) is 13.0. The maximum atomic E-state index is 11.9. The number of hydrogen-bond donors (Lipinski definition) is 2. The molecule has 0 aromatic carbocycles. The molecule has 0 atom stereocenters. The van der Waals surface area contributed by atoms with Crippen LogP contribution in [0.1, 0.15) is 43.2 Å². The quantitative estimate of drug-likeness (QED) is 0.786. The fraction of sp³-hybridized carbons (Fsp3) is 0.692. The Morgan fingerprint density at radius 3 is 2.33 bits per heavy atom. The lowest BCUT2D eigenvalue weighted by Crippen LogP contribution is -2.42. The standard InChI is InChI=1S/C13H24N4OS.2ClH/c1-9(2)17(10(3)4)6-5-15-13(18)11-8-19-12(7-14)16-11;;/h8-10H,5-7,14H2,1-4H3,(H,15,18);2*1H. The molecule has 1 aromatic rings. The van der Waals surface area contributed by atoms with Crippen LogP contribution >= 0.6 is 36.2 Å². The summed E-state index contributed by atoms with van der Waals surface area (Å²) < 4.78 is 0. The van der Waals surface area contributed by atoms with Gasteiger partial charge in [-0.2, -0.15) is 0 Å². The van der Waals surface area contributed by atoms with Gasteiger partial charge in [0.15, 0.2) is 0 Å². The van der Waals surface area contributed by atoms with E-state index in [1.807, 2.05) is 0 Å². The number of halogens is 2. The van der Waals surface area contributed by atoms with Gasteiger partial charge in [0.05, 0.1) is 0 Å². The Kier molecular flexibility index (Phi) is 12.2. The molecule has 0 aliphatic rings. The summed E-state index contributed by atoms with van der Waals surface area (Å²) in [5, 5.41) is 5.44. The highest BCUT2D eigenvalue weighted by molar-refractivity contribution is 7.09. The van der Waals surface area contributed by atoms with Crippen molar-refractivity contribution in [3.05, 3.63) is 16.1 Å². The molecule has 0 aliphatic heterocycles. The van der Waals surface area contributed by atoms with Gasteiger partial charge in [-0.05, 0) is 27.7 Å². The van der Waals surface area contributed by atoms with E-state index in [0.29, 0.717) is 30.9 Å². The number of thiazole rings is 1. The van der Waals surface area contributed by atoms with Gasteiger partial charge in [-0.25, -0.2) is 4.98 Å². The van der Waals surface area contributed by atoms with Gasteiger partial charge < -0.3 is 11.1 Å². The van der Waals surface area contributed by atoms with Gasteiger partial charge in [-0.3, -0.25) is 9.69 Å². The van der Waals surface area contributed by atoms with Crippen LogP contribution in [0.3, 0.4) is 0 Å². The minimum atomic E-state index is -0.122. The van der Waals surface area contributed by atoms with Gasteiger partial charge in [-0.15, -0.1) is 36.2 Å². The van der Waals surface area contributed by atoms with E-state index in [0.717, 1.165) is 11.6 Å². The molecule has 1 heterocycles. The number of carbonyl (C=O) groups excluding carboxylic acids is 1. The molecule has 1 amide bonds. The lowest BCUT2D eigenvalue weighted by molar-refractivity contribution is 0.0935. The van der Waals surface area contributed by atoms with Gasteiger partial charge in [0.1, 0.15) is 10.7 Å². The molecule has 0 fully saturated rings. The number of aromatic nitrogens is 1. The van der Waals surface area contributed by atoms with Crippen LogP contribution in [0.5, 0.6) is 0 Å². The predicted molar refractivity (Wildman–Crippen MR) is 93.8 cm³/mol. The van der Waals surface area contributed by atoms with E-state index >= 15 is 0 Å². The highest BCUT2D eigenvalue weighted by atomic mass is 35.5. The van der Waals surface area contributed by atoms with Crippen LogP contribution in [-0.2, 0) is 6.54 Å². The molecular formula is C13H26Cl2N4OS. The normalized spacial score (nSPS) is 10.5. The van der Waals surface area contributed by atoms with Crippen molar-refractivity contribution in [1.82, 2.24) is 15.2 Å². The highest BCUT2D eigenvalue weighted by Gasteiger charge is 2.14. The Morgan fingerprint density at radius 2 is 1.90 bits per heavy atom. The van der Waals surface area contributed by atoms with Gasteiger partial charge in [0, 0.05) is 37.1 Å². The zero-order chi connectivity index (χ0) is 14.4. The molecule has 0 radical (unpaired) electrons. The lowest BCUT2D eigenvalue weighted by atomic mass is 10.2. The Hall–Kier alpha value is -0.400. The van der Waals surface area contributed by atoms with Gasteiger partial charge in [-0.1, -0.05) is 0 Å². The first kappa shape index (κ1) is 22.9. The molecule has 21 heavy (non-hydrogen) atoms. The topological polar surface area (TPSA) is 71.2 Å². The number of hydrogen-bond acceptors (Lipinski definition) is 5. The molecule has 0 saturated heterocycles. The number of nitrogens with zero attached hydrogens (tertiary/aromatic N) is 2. The molecule has 3 N–H and O–H groups in total. The third kappa shape index (κ3) is 7.42. The van der Waals surface area contributed by atoms with Crippen LogP contribution in [0.25, 0.3) is 0 Å². The summed E-state index contributed by atoms with van der Waals surface area (Å²) in [7, 11) is 0. The number of rotatable bonds is 7. The number of carbonyl (C=O) groups is 1. The highest BCUT2D eigenvalue weighted by Crippen LogP contribution is 2.08. The van der Waals surface area contributed by atoms with Crippen molar-refractivity contribution in [3.8, 4) is 0 Å². The molecule has 0 saturated carbocycles.